The lowest BCUT2D eigenvalue weighted by molar-refractivity contribution is 0.607. The first-order chi connectivity index (χ1) is 9.94. The fourth-order valence-corrected chi connectivity index (χ4v) is 3.42. The Balaban J connectivity index is 2.12. The molecule has 2 heterocycles. The Bertz CT molecular complexity index is 819. The summed E-state index contributed by atoms with van der Waals surface area (Å²) in [7, 11) is -3.26. The van der Waals surface area contributed by atoms with E-state index < -0.39 is 10.0 Å². The van der Waals surface area contributed by atoms with Crippen molar-refractivity contribution in [3.63, 3.8) is 0 Å². The van der Waals surface area contributed by atoms with Crippen LogP contribution in [-0.4, -0.2) is 32.7 Å². The summed E-state index contributed by atoms with van der Waals surface area (Å²) < 4.78 is 25.3. The van der Waals surface area contributed by atoms with E-state index in [4.69, 9.17) is 0 Å². The molecule has 0 bridgehead atoms. The van der Waals surface area contributed by atoms with Gasteiger partial charge >= 0.3 is 0 Å². The van der Waals surface area contributed by atoms with E-state index in [1.165, 1.54) is 11.1 Å². The van der Waals surface area contributed by atoms with Crippen LogP contribution >= 0.6 is 0 Å². The molecular formula is C15H19N3O2S. The maximum absolute atomic E-state index is 11.4. The van der Waals surface area contributed by atoms with Crippen molar-refractivity contribution in [2.75, 3.05) is 24.1 Å². The van der Waals surface area contributed by atoms with E-state index in [-0.39, 0.29) is 0 Å². The number of aryl methyl sites for hydroxylation is 1. The number of benzene rings is 1. The molecule has 0 spiro atoms. The molecule has 0 saturated carbocycles. The Hall–Kier alpha value is -1.79. The molecule has 0 aliphatic carbocycles. The van der Waals surface area contributed by atoms with Crippen LogP contribution in [0.2, 0.25) is 0 Å². The van der Waals surface area contributed by atoms with Crippen LogP contribution in [-0.2, 0) is 10.0 Å². The van der Waals surface area contributed by atoms with E-state index in [0.29, 0.717) is 5.69 Å². The highest BCUT2D eigenvalue weighted by molar-refractivity contribution is 7.92. The lowest BCUT2D eigenvalue weighted by atomic mass is 9.97. The van der Waals surface area contributed by atoms with Crippen molar-refractivity contribution in [2.24, 2.45) is 0 Å². The quantitative estimate of drug-likeness (QED) is 0.814. The van der Waals surface area contributed by atoms with Crippen LogP contribution in [0.1, 0.15) is 17.7 Å². The van der Waals surface area contributed by atoms with E-state index in [2.05, 4.69) is 28.0 Å². The molecular weight excluding hydrogens is 286 g/mol. The monoisotopic (exact) mass is 305 g/mol. The SMILES string of the molecule is Cc1[nH]c2ccc(NS(C)(=O)=O)cc2c1C1=CCNCC1. The van der Waals surface area contributed by atoms with Gasteiger partial charge in [0, 0.05) is 34.4 Å². The maximum atomic E-state index is 11.4. The summed E-state index contributed by atoms with van der Waals surface area (Å²) >= 11 is 0. The van der Waals surface area contributed by atoms with Gasteiger partial charge in [-0.1, -0.05) is 6.08 Å². The van der Waals surface area contributed by atoms with Crippen LogP contribution in [0.25, 0.3) is 16.5 Å². The fraction of sp³-hybridized carbons (Fsp3) is 0.333. The smallest absolute Gasteiger partial charge is 0.229 e. The van der Waals surface area contributed by atoms with Gasteiger partial charge in [-0.2, -0.15) is 0 Å². The zero-order valence-corrected chi connectivity index (χ0v) is 13.0. The minimum Gasteiger partial charge on any atom is -0.358 e. The summed E-state index contributed by atoms with van der Waals surface area (Å²) in [6, 6.07) is 5.60. The zero-order chi connectivity index (χ0) is 15.0. The molecule has 0 fully saturated rings. The Labute approximate surface area is 124 Å². The van der Waals surface area contributed by atoms with Gasteiger partial charge in [-0.15, -0.1) is 0 Å². The molecule has 2 aromatic rings. The number of aromatic amines is 1. The Morgan fingerprint density at radius 2 is 2.10 bits per heavy atom. The van der Waals surface area contributed by atoms with Crippen LogP contribution in [0, 0.1) is 6.92 Å². The summed E-state index contributed by atoms with van der Waals surface area (Å²) in [4.78, 5) is 3.38. The van der Waals surface area contributed by atoms with E-state index >= 15 is 0 Å². The fourth-order valence-electron chi connectivity index (χ4n) is 2.87. The number of hydrogen-bond acceptors (Lipinski definition) is 3. The van der Waals surface area contributed by atoms with Crippen molar-refractivity contribution in [1.82, 2.24) is 10.3 Å². The van der Waals surface area contributed by atoms with E-state index in [9.17, 15) is 8.42 Å². The third-order valence-electron chi connectivity index (χ3n) is 3.67. The van der Waals surface area contributed by atoms with Crippen molar-refractivity contribution in [2.45, 2.75) is 13.3 Å². The molecule has 3 N–H and O–H groups in total. The predicted molar refractivity (Wildman–Crippen MR) is 87.0 cm³/mol. The van der Waals surface area contributed by atoms with Gasteiger partial charge in [0.25, 0.3) is 0 Å². The van der Waals surface area contributed by atoms with Gasteiger partial charge in [-0.25, -0.2) is 8.42 Å². The summed E-state index contributed by atoms with van der Waals surface area (Å²) in [6.07, 6.45) is 4.35. The Kier molecular flexibility index (Phi) is 3.51. The summed E-state index contributed by atoms with van der Waals surface area (Å²) in [6.45, 7) is 3.91. The molecule has 0 atom stereocenters. The highest BCUT2D eigenvalue weighted by Gasteiger charge is 2.15. The number of nitrogens with one attached hydrogen (secondary N) is 3. The topological polar surface area (TPSA) is 74.0 Å². The van der Waals surface area contributed by atoms with Crippen LogP contribution in [0.3, 0.4) is 0 Å². The molecule has 1 aromatic carbocycles. The van der Waals surface area contributed by atoms with Gasteiger partial charge in [0.05, 0.1) is 6.26 Å². The Morgan fingerprint density at radius 1 is 1.29 bits per heavy atom. The van der Waals surface area contributed by atoms with Gasteiger partial charge in [-0.05, 0) is 43.7 Å². The lowest BCUT2D eigenvalue weighted by Gasteiger charge is -2.14. The van der Waals surface area contributed by atoms with E-state index in [1.807, 2.05) is 12.1 Å². The first-order valence-corrected chi connectivity index (χ1v) is 8.83. The standard InChI is InChI=1S/C15H19N3O2S/c1-10-15(11-5-7-16-8-6-11)13-9-12(18-21(2,19)20)3-4-14(13)17-10/h3-5,9,16-18H,6-8H2,1-2H3. The lowest BCUT2D eigenvalue weighted by Crippen LogP contribution is -2.20. The van der Waals surface area contributed by atoms with Gasteiger partial charge in [-0.3, -0.25) is 4.72 Å². The molecule has 3 rings (SSSR count). The third kappa shape index (κ3) is 2.96. The number of H-pyrrole nitrogens is 1. The molecule has 0 saturated heterocycles. The van der Waals surface area contributed by atoms with Crippen molar-refractivity contribution in [1.29, 1.82) is 0 Å². The van der Waals surface area contributed by atoms with Crippen LogP contribution in [0.5, 0.6) is 0 Å². The zero-order valence-electron chi connectivity index (χ0n) is 12.2. The van der Waals surface area contributed by atoms with Gasteiger partial charge in [0.15, 0.2) is 0 Å². The largest absolute Gasteiger partial charge is 0.358 e. The molecule has 0 unspecified atom stereocenters. The van der Waals surface area contributed by atoms with Crippen LogP contribution in [0.15, 0.2) is 24.3 Å². The summed E-state index contributed by atoms with van der Waals surface area (Å²) in [5.74, 6) is 0. The minimum atomic E-state index is -3.26. The maximum Gasteiger partial charge on any atom is 0.229 e. The molecule has 5 nitrogen and oxygen atoms in total. The van der Waals surface area contributed by atoms with Crippen molar-refractivity contribution < 1.29 is 8.42 Å². The second kappa shape index (κ2) is 5.20. The molecule has 0 amide bonds. The average molecular weight is 305 g/mol. The second-order valence-corrected chi connectivity index (χ2v) is 7.19. The number of aromatic nitrogens is 1. The second-order valence-electron chi connectivity index (χ2n) is 5.44. The van der Waals surface area contributed by atoms with Gasteiger partial charge in [0.2, 0.25) is 10.0 Å². The molecule has 1 aromatic heterocycles. The Morgan fingerprint density at radius 3 is 2.76 bits per heavy atom. The van der Waals surface area contributed by atoms with Crippen molar-refractivity contribution in [3.8, 4) is 0 Å². The van der Waals surface area contributed by atoms with E-state index in [0.717, 1.165) is 42.4 Å². The molecule has 1 aliphatic heterocycles. The van der Waals surface area contributed by atoms with Crippen molar-refractivity contribution in [3.05, 3.63) is 35.5 Å². The highest BCUT2D eigenvalue weighted by Crippen LogP contribution is 2.32. The predicted octanol–water partition coefficient (Wildman–Crippen LogP) is 2.22. The molecule has 1 aliphatic rings. The number of sulfonamides is 1. The average Bonchev–Trinajstić information content (AvgIpc) is 2.73. The number of hydrogen-bond donors (Lipinski definition) is 3. The van der Waals surface area contributed by atoms with E-state index in [1.54, 1.807) is 6.07 Å². The summed E-state index contributed by atoms with van der Waals surface area (Å²) in [5.41, 5.74) is 5.26. The molecule has 6 heteroatoms. The molecule has 21 heavy (non-hydrogen) atoms. The van der Waals surface area contributed by atoms with Crippen LogP contribution < -0.4 is 10.0 Å². The number of rotatable bonds is 3. The minimum absolute atomic E-state index is 0.597. The van der Waals surface area contributed by atoms with Gasteiger partial charge < -0.3 is 10.3 Å². The number of fused-ring (bicyclic) bond motifs is 1. The summed E-state index contributed by atoms with van der Waals surface area (Å²) in [5, 5.41) is 4.37. The first kappa shape index (κ1) is 14.2. The molecule has 0 radical (unpaired) electrons. The molecule has 112 valence electrons. The van der Waals surface area contributed by atoms with Gasteiger partial charge in [0.1, 0.15) is 0 Å². The normalized spacial score (nSPS) is 16.0. The highest BCUT2D eigenvalue weighted by atomic mass is 32.2. The third-order valence-corrected chi connectivity index (χ3v) is 4.28. The van der Waals surface area contributed by atoms with Crippen molar-refractivity contribution >= 4 is 32.2 Å². The number of anilines is 1. The van der Waals surface area contributed by atoms with Crippen LogP contribution in [0.4, 0.5) is 5.69 Å². The first-order valence-electron chi connectivity index (χ1n) is 6.94.